The van der Waals surface area contributed by atoms with Crippen molar-refractivity contribution >= 4 is 42.4 Å². The molecule has 252 valence electrons. The van der Waals surface area contributed by atoms with Crippen molar-refractivity contribution in [2.45, 2.75) is 91.0 Å². The van der Waals surface area contributed by atoms with Crippen molar-refractivity contribution < 1.29 is 19.1 Å². The van der Waals surface area contributed by atoms with E-state index in [2.05, 4.69) is 67.0 Å². The molecule has 1 fully saturated rings. The molecule has 1 aliphatic rings. The van der Waals surface area contributed by atoms with Crippen LogP contribution < -0.4 is 10.6 Å². The molecule has 1 aliphatic heterocycles. The Balaban J connectivity index is 0.00000500. The Morgan fingerprint density at radius 2 is 1.55 bits per heavy atom. The van der Waals surface area contributed by atoms with Crippen LogP contribution in [0, 0.1) is 0 Å². The highest BCUT2D eigenvalue weighted by atomic mass is 32.1. The third-order valence-electron chi connectivity index (χ3n) is 7.65. The summed E-state index contributed by atoms with van der Waals surface area (Å²) in [6.45, 7) is 14.3. The van der Waals surface area contributed by atoms with Gasteiger partial charge in [0.15, 0.2) is 0 Å². The molecule has 4 aromatic rings. The number of fused-ring (bicyclic) bond motifs is 1. The molecule has 2 amide bonds. The van der Waals surface area contributed by atoms with Gasteiger partial charge in [0, 0.05) is 42.7 Å². The van der Waals surface area contributed by atoms with Gasteiger partial charge in [-0.05, 0) is 89.3 Å². The summed E-state index contributed by atoms with van der Waals surface area (Å²) in [4.78, 5) is 43.8. The Bertz CT molecular complexity index is 1680. The van der Waals surface area contributed by atoms with E-state index < -0.39 is 17.3 Å². The fourth-order valence-corrected chi connectivity index (χ4v) is 5.39. The molecule has 1 saturated heterocycles. The van der Waals surface area contributed by atoms with E-state index in [1.807, 2.05) is 54.7 Å². The number of anilines is 1. The molecule has 11 nitrogen and oxygen atoms in total. The number of aromatic nitrogens is 4. The number of carbonyl (C=O) groups excluding carboxylic acids is 2. The Morgan fingerprint density at radius 1 is 0.915 bits per heavy atom. The van der Waals surface area contributed by atoms with Crippen LogP contribution in [-0.2, 0) is 9.47 Å². The van der Waals surface area contributed by atoms with E-state index in [0.717, 1.165) is 58.2 Å². The van der Waals surface area contributed by atoms with Crippen molar-refractivity contribution in [3.05, 3.63) is 60.8 Å². The summed E-state index contributed by atoms with van der Waals surface area (Å²) in [7, 11) is 0. The van der Waals surface area contributed by atoms with Crippen molar-refractivity contribution in [2.24, 2.45) is 0 Å². The highest BCUT2D eigenvalue weighted by Gasteiger charge is 2.34. The summed E-state index contributed by atoms with van der Waals surface area (Å²) in [5.41, 5.74) is 2.74. The molecule has 0 saturated carbocycles. The van der Waals surface area contributed by atoms with Gasteiger partial charge in [0.05, 0.1) is 17.9 Å². The van der Waals surface area contributed by atoms with Crippen LogP contribution in [0.5, 0.6) is 0 Å². The molecule has 5 rings (SSSR count). The standard InChI is InChI=1S/C35H45N7O4.H2S/c1-8-27(40-32(43)45-34(2,3)4)20-39-31-37-18-26(19-38-31)24-12-11-23-17-25(14-13-22(23)16-24)28-21-36-30(41-28)29-10-9-15-42(29)33(44)46-35(5,6)7;/h11-14,16-19,21,27,29H,8-10,15,20H2,1-7H3,(H,36,41)(H,40,43)(H,37,38,39);1H2/t27?,29-;/m0./s1. The van der Waals surface area contributed by atoms with Crippen molar-refractivity contribution in [3.63, 3.8) is 0 Å². The van der Waals surface area contributed by atoms with Gasteiger partial charge in [0.25, 0.3) is 0 Å². The van der Waals surface area contributed by atoms with E-state index in [0.29, 0.717) is 19.0 Å². The average molecular weight is 662 g/mol. The molecule has 0 radical (unpaired) electrons. The lowest BCUT2D eigenvalue weighted by atomic mass is 10.0. The van der Waals surface area contributed by atoms with Crippen LogP contribution in [0.4, 0.5) is 15.5 Å². The van der Waals surface area contributed by atoms with Crippen molar-refractivity contribution in [2.75, 3.05) is 18.4 Å². The second kappa shape index (κ2) is 14.6. The molecule has 0 spiro atoms. The van der Waals surface area contributed by atoms with Gasteiger partial charge in [-0.15, -0.1) is 0 Å². The second-order valence-electron chi connectivity index (χ2n) is 13.7. The monoisotopic (exact) mass is 661 g/mol. The van der Waals surface area contributed by atoms with Gasteiger partial charge in [-0.25, -0.2) is 24.5 Å². The van der Waals surface area contributed by atoms with E-state index in [1.54, 1.807) is 17.3 Å². The first-order chi connectivity index (χ1) is 21.8. The minimum Gasteiger partial charge on any atom is -0.444 e. The zero-order chi connectivity index (χ0) is 33.1. The molecule has 0 bridgehead atoms. The van der Waals surface area contributed by atoms with E-state index in [1.165, 1.54) is 0 Å². The summed E-state index contributed by atoms with van der Waals surface area (Å²) >= 11 is 0. The van der Waals surface area contributed by atoms with Crippen LogP contribution >= 0.6 is 13.5 Å². The number of carbonyl (C=O) groups is 2. The van der Waals surface area contributed by atoms with Crippen LogP contribution in [-0.4, -0.2) is 67.4 Å². The normalized spacial score (nSPS) is 15.6. The van der Waals surface area contributed by atoms with E-state index >= 15 is 0 Å². The Kier molecular flexibility index (Phi) is 11.1. The maximum absolute atomic E-state index is 12.8. The minimum atomic E-state index is -0.549. The molecule has 3 N–H and O–H groups in total. The van der Waals surface area contributed by atoms with Crippen molar-refractivity contribution in [3.8, 4) is 22.4 Å². The number of rotatable bonds is 8. The fraction of sp³-hybridized carbons (Fsp3) is 0.457. The SMILES string of the molecule is CCC(CNc1ncc(-c2ccc3cc(-c4cnc([C@@H]5CCCN5C(=O)OC(C)(C)C)[nH]4)ccc3c2)cn1)NC(=O)OC(C)(C)C.S. The van der Waals surface area contributed by atoms with E-state index in [9.17, 15) is 9.59 Å². The minimum absolute atomic E-state index is 0. The van der Waals surface area contributed by atoms with Crippen LogP contribution in [0.15, 0.2) is 55.0 Å². The lowest BCUT2D eigenvalue weighted by molar-refractivity contribution is 0.0218. The number of aromatic amines is 1. The number of benzene rings is 2. The largest absolute Gasteiger partial charge is 0.444 e. The van der Waals surface area contributed by atoms with E-state index in [-0.39, 0.29) is 31.7 Å². The number of hydrogen-bond acceptors (Lipinski definition) is 8. The first kappa shape index (κ1) is 35.5. The molecule has 47 heavy (non-hydrogen) atoms. The summed E-state index contributed by atoms with van der Waals surface area (Å²) in [5, 5.41) is 8.27. The molecule has 0 aliphatic carbocycles. The predicted octanol–water partition coefficient (Wildman–Crippen LogP) is 7.59. The molecule has 2 aromatic heterocycles. The highest BCUT2D eigenvalue weighted by molar-refractivity contribution is 7.59. The first-order valence-electron chi connectivity index (χ1n) is 15.9. The predicted molar refractivity (Wildman–Crippen MR) is 190 cm³/mol. The number of nitrogens with one attached hydrogen (secondary N) is 3. The van der Waals surface area contributed by atoms with Gasteiger partial charge in [-0.3, -0.25) is 4.90 Å². The fourth-order valence-electron chi connectivity index (χ4n) is 5.39. The zero-order valence-corrected chi connectivity index (χ0v) is 29.3. The van der Waals surface area contributed by atoms with Gasteiger partial charge < -0.3 is 25.1 Å². The van der Waals surface area contributed by atoms with Gasteiger partial charge in [-0.2, -0.15) is 13.5 Å². The molecule has 1 unspecified atom stereocenters. The Hall–Kier alpha value is -4.32. The lowest BCUT2D eigenvalue weighted by Gasteiger charge is -2.27. The smallest absolute Gasteiger partial charge is 0.410 e. The second-order valence-corrected chi connectivity index (χ2v) is 13.7. The molecule has 2 atom stereocenters. The summed E-state index contributed by atoms with van der Waals surface area (Å²) in [6.07, 6.45) is 7.17. The van der Waals surface area contributed by atoms with E-state index in [4.69, 9.17) is 9.47 Å². The maximum atomic E-state index is 12.8. The number of nitrogens with zero attached hydrogens (tertiary/aromatic N) is 4. The number of likely N-dealkylation sites (tertiary alicyclic amines) is 1. The number of hydrogen-bond donors (Lipinski definition) is 3. The number of imidazole rings is 1. The third-order valence-corrected chi connectivity index (χ3v) is 7.65. The number of alkyl carbamates (subject to hydrolysis) is 1. The molecule has 3 heterocycles. The first-order valence-corrected chi connectivity index (χ1v) is 15.9. The molecular formula is C35H47N7O4S. The number of ether oxygens (including phenoxy) is 2. The number of amides is 2. The maximum Gasteiger partial charge on any atom is 0.410 e. The molecular weight excluding hydrogens is 614 g/mol. The van der Waals surface area contributed by atoms with Crippen LogP contribution in [0.25, 0.3) is 33.2 Å². The topological polar surface area (TPSA) is 134 Å². The highest BCUT2D eigenvalue weighted by Crippen LogP contribution is 2.34. The summed E-state index contributed by atoms with van der Waals surface area (Å²) in [5.74, 6) is 1.26. The Morgan fingerprint density at radius 3 is 2.19 bits per heavy atom. The summed E-state index contributed by atoms with van der Waals surface area (Å²) in [6, 6.07) is 12.3. The third kappa shape index (κ3) is 9.37. The van der Waals surface area contributed by atoms with Crippen LogP contribution in [0.1, 0.15) is 79.6 Å². The van der Waals surface area contributed by atoms with Gasteiger partial charge in [0.1, 0.15) is 17.0 Å². The Labute approximate surface area is 283 Å². The van der Waals surface area contributed by atoms with Crippen molar-refractivity contribution in [1.29, 1.82) is 0 Å². The van der Waals surface area contributed by atoms with Crippen molar-refractivity contribution in [1.82, 2.24) is 30.2 Å². The quantitative estimate of drug-likeness (QED) is 0.176. The van der Waals surface area contributed by atoms with Crippen LogP contribution in [0.2, 0.25) is 0 Å². The average Bonchev–Trinajstić information content (AvgIpc) is 3.68. The molecule has 12 heteroatoms. The van der Waals surface area contributed by atoms with Gasteiger partial charge >= 0.3 is 12.2 Å². The lowest BCUT2D eigenvalue weighted by Crippen LogP contribution is -2.42. The van der Waals surface area contributed by atoms with Gasteiger partial charge in [0.2, 0.25) is 5.95 Å². The van der Waals surface area contributed by atoms with Gasteiger partial charge in [-0.1, -0.05) is 31.2 Å². The summed E-state index contributed by atoms with van der Waals surface area (Å²) < 4.78 is 11.0. The zero-order valence-electron chi connectivity index (χ0n) is 28.3. The molecule has 2 aromatic carbocycles. The number of H-pyrrole nitrogens is 1. The van der Waals surface area contributed by atoms with Crippen LogP contribution in [0.3, 0.4) is 0 Å².